The number of aliphatic carboxylic acids is 1. The lowest BCUT2D eigenvalue weighted by atomic mass is 10.0. The summed E-state index contributed by atoms with van der Waals surface area (Å²) in [5, 5.41) is 11.8. The van der Waals surface area contributed by atoms with E-state index in [0.29, 0.717) is 23.9 Å². The van der Waals surface area contributed by atoms with E-state index in [1.807, 2.05) is 21.1 Å². The van der Waals surface area contributed by atoms with Crippen LogP contribution >= 0.6 is 0 Å². The Bertz CT molecular complexity index is 1250. The van der Waals surface area contributed by atoms with Crippen LogP contribution in [-0.2, 0) is 33.3 Å². The Morgan fingerprint density at radius 1 is 0.397 bits per heavy atom. The van der Waals surface area contributed by atoms with Crippen LogP contribution in [0.15, 0.2) is 24.3 Å². The lowest BCUT2D eigenvalue weighted by Crippen LogP contribution is -2.44. The average Bonchev–Trinajstić information content (AvgIpc) is 3.36. The maximum absolute atomic E-state index is 12.9. The highest BCUT2D eigenvalue weighted by Crippen LogP contribution is 2.17. The molecule has 0 aromatic rings. The van der Waals surface area contributed by atoms with Crippen molar-refractivity contribution >= 4 is 17.9 Å². The average molecular weight is 1030 g/mol. The molecule has 9 nitrogen and oxygen atoms in total. The van der Waals surface area contributed by atoms with Gasteiger partial charge in [-0.2, -0.15) is 0 Å². The third kappa shape index (κ3) is 57.3. The van der Waals surface area contributed by atoms with Gasteiger partial charge in [0.05, 0.1) is 40.3 Å². The molecule has 2 atom stereocenters. The van der Waals surface area contributed by atoms with Crippen molar-refractivity contribution in [1.82, 2.24) is 0 Å². The number of carbonyl (C=O) groups excluding carboxylic acids is 3. The zero-order chi connectivity index (χ0) is 53.4. The van der Waals surface area contributed by atoms with Gasteiger partial charge in [0.2, 0.25) is 0 Å². The molecule has 0 rings (SSSR count). The first kappa shape index (κ1) is 70.8. The molecule has 0 saturated heterocycles. The van der Waals surface area contributed by atoms with Crippen molar-refractivity contribution in [2.24, 2.45) is 0 Å². The third-order valence-electron chi connectivity index (χ3n) is 14.2. The number of carboxylic acids is 1. The quantitative estimate of drug-likeness (QED) is 0.0195. The minimum Gasteiger partial charge on any atom is -0.545 e. The Labute approximate surface area is 452 Å². The molecule has 0 aromatic carbocycles. The molecule has 9 heteroatoms. The number of ether oxygens (including phenoxy) is 4. The van der Waals surface area contributed by atoms with Crippen molar-refractivity contribution in [2.45, 2.75) is 322 Å². The van der Waals surface area contributed by atoms with E-state index in [4.69, 9.17) is 18.9 Å². The first-order valence-corrected chi connectivity index (χ1v) is 31.5. The number of rotatable bonds is 59. The van der Waals surface area contributed by atoms with Gasteiger partial charge in [-0.15, -0.1) is 0 Å². The van der Waals surface area contributed by atoms with E-state index in [1.54, 1.807) is 0 Å². The van der Waals surface area contributed by atoms with E-state index < -0.39 is 24.3 Å². The van der Waals surface area contributed by atoms with Crippen LogP contribution in [0.1, 0.15) is 309 Å². The molecule has 0 aliphatic heterocycles. The molecule has 0 aromatic heterocycles. The van der Waals surface area contributed by atoms with Crippen molar-refractivity contribution in [3.8, 4) is 0 Å². The van der Waals surface area contributed by atoms with Crippen LogP contribution in [0.5, 0.6) is 0 Å². The van der Waals surface area contributed by atoms with Gasteiger partial charge in [-0.25, -0.2) is 0 Å². The summed E-state index contributed by atoms with van der Waals surface area (Å²) in [4.78, 5) is 37.4. The largest absolute Gasteiger partial charge is 0.545 e. The zero-order valence-corrected chi connectivity index (χ0v) is 49.0. The summed E-state index contributed by atoms with van der Waals surface area (Å²) in [6.45, 7) is 4.80. The molecule has 430 valence electrons. The normalized spacial score (nSPS) is 12.8. The lowest BCUT2D eigenvalue weighted by molar-refractivity contribution is -0.870. The van der Waals surface area contributed by atoms with Crippen LogP contribution in [0.25, 0.3) is 0 Å². The molecule has 0 N–H and O–H groups in total. The minimum atomic E-state index is -1.62. The molecular formula is C64H121NO8. The molecule has 0 saturated carbocycles. The second kappa shape index (κ2) is 56.0. The van der Waals surface area contributed by atoms with Gasteiger partial charge in [0, 0.05) is 12.8 Å². The van der Waals surface area contributed by atoms with Crippen LogP contribution in [0.2, 0.25) is 0 Å². The number of hydrogen-bond acceptors (Lipinski definition) is 8. The number of hydrogen-bond donors (Lipinski definition) is 0. The fraction of sp³-hybridized carbons (Fsp3) is 0.891. The van der Waals surface area contributed by atoms with Crippen molar-refractivity contribution in [3.63, 3.8) is 0 Å². The highest BCUT2D eigenvalue weighted by molar-refractivity contribution is 5.70. The van der Waals surface area contributed by atoms with Gasteiger partial charge >= 0.3 is 11.9 Å². The number of likely N-dealkylation sites (N-methyl/N-ethyl adjacent to an activating group) is 1. The predicted molar refractivity (Wildman–Crippen MR) is 306 cm³/mol. The zero-order valence-electron chi connectivity index (χ0n) is 49.0. The smallest absolute Gasteiger partial charge is 0.306 e. The van der Waals surface area contributed by atoms with Crippen molar-refractivity contribution < 1.29 is 42.9 Å². The summed E-state index contributed by atoms with van der Waals surface area (Å²) in [5.41, 5.74) is 0. The maximum atomic E-state index is 12.9. The summed E-state index contributed by atoms with van der Waals surface area (Å²) in [6.07, 6.45) is 63.8. The van der Waals surface area contributed by atoms with Crippen LogP contribution in [0.4, 0.5) is 0 Å². The topological polar surface area (TPSA) is 111 Å². The summed E-state index contributed by atoms with van der Waals surface area (Å²) >= 11 is 0. The van der Waals surface area contributed by atoms with E-state index in [9.17, 15) is 19.5 Å². The molecule has 0 radical (unpaired) electrons. The van der Waals surface area contributed by atoms with Gasteiger partial charge in [0.15, 0.2) is 12.4 Å². The lowest BCUT2D eigenvalue weighted by Gasteiger charge is -2.26. The van der Waals surface area contributed by atoms with E-state index in [2.05, 4.69) is 38.2 Å². The number of esters is 2. The Kier molecular flexibility index (Phi) is 54.3. The number of nitrogens with zero attached hydrogens (tertiary/aromatic N) is 1. The number of unbranched alkanes of at least 4 members (excludes halogenated alkanes) is 40. The van der Waals surface area contributed by atoms with Gasteiger partial charge < -0.3 is 33.3 Å². The van der Waals surface area contributed by atoms with E-state index >= 15 is 0 Å². The molecule has 2 unspecified atom stereocenters. The van der Waals surface area contributed by atoms with E-state index in [1.165, 1.54) is 244 Å². The summed E-state index contributed by atoms with van der Waals surface area (Å²) in [6, 6.07) is 0. The summed E-state index contributed by atoms with van der Waals surface area (Å²) in [5.74, 6) is -2.26. The monoisotopic (exact) mass is 1030 g/mol. The van der Waals surface area contributed by atoms with Gasteiger partial charge in [0.25, 0.3) is 0 Å². The molecular weight excluding hydrogens is 911 g/mol. The highest BCUT2D eigenvalue weighted by atomic mass is 16.7. The number of allylic oxidation sites excluding steroid dienone is 4. The third-order valence-corrected chi connectivity index (χ3v) is 14.2. The van der Waals surface area contributed by atoms with Crippen molar-refractivity contribution in [3.05, 3.63) is 24.3 Å². The first-order chi connectivity index (χ1) is 35.6. The second-order valence-electron chi connectivity index (χ2n) is 22.7. The van der Waals surface area contributed by atoms with Crippen molar-refractivity contribution in [2.75, 3.05) is 47.5 Å². The molecule has 73 heavy (non-hydrogen) atoms. The SMILES string of the molecule is CCCCCCCCCC/C=C\CCCCCCCCCCCCCCCC(=O)OC(COC(=O)CCCCCCCCCCCCC/C=C\CCCCCCCCCC)COC(OCC[N+](C)(C)C)C(=O)[O-]. The molecule has 0 bridgehead atoms. The molecule has 0 fully saturated rings. The van der Waals surface area contributed by atoms with Crippen LogP contribution < -0.4 is 5.11 Å². The van der Waals surface area contributed by atoms with Gasteiger partial charge in [0.1, 0.15) is 13.2 Å². The summed E-state index contributed by atoms with van der Waals surface area (Å²) in [7, 11) is 5.93. The Hall–Kier alpha value is -2.23. The number of carbonyl (C=O) groups is 3. The fourth-order valence-corrected chi connectivity index (χ4v) is 9.29. The molecule has 0 aliphatic rings. The van der Waals surface area contributed by atoms with Crippen LogP contribution in [0, 0.1) is 0 Å². The van der Waals surface area contributed by atoms with Crippen LogP contribution in [0.3, 0.4) is 0 Å². The Balaban J connectivity index is 4.16. The summed E-state index contributed by atoms with van der Waals surface area (Å²) < 4.78 is 22.8. The Morgan fingerprint density at radius 2 is 0.699 bits per heavy atom. The maximum Gasteiger partial charge on any atom is 0.306 e. The molecule has 0 aliphatic carbocycles. The van der Waals surface area contributed by atoms with E-state index in [-0.39, 0.29) is 32.2 Å². The van der Waals surface area contributed by atoms with Gasteiger partial charge in [-0.05, 0) is 64.2 Å². The molecule has 0 spiro atoms. The predicted octanol–water partition coefficient (Wildman–Crippen LogP) is 17.4. The van der Waals surface area contributed by atoms with Crippen LogP contribution in [-0.4, -0.2) is 82.3 Å². The molecule has 0 heterocycles. The van der Waals surface area contributed by atoms with Gasteiger partial charge in [-0.1, -0.05) is 256 Å². The minimum absolute atomic E-state index is 0.150. The van der Waals surface area contributed by atoms with Gasteiger partial charge in [-0.3, -0.25) is 9.59 Å². The highest BCUT2D eigenvalue weighted by Gasteiger charge is 2.22. The number of quaternary nitrogens is 1. The standard InChI is InChI=1S/C64H121NO8/c1-6-8-10-12-14-16-18-20-22-24-26-28-30-31-33-35-37-39-41-43-45-47-49-51-53-55-62(67)73-60(59-72-64(63(68)69)70-57-56-65(3,4)5)58-71-61(66)54-52-50-48-46-44-42-40-38-36-34-32-29-27-25-23-21-19-17-15-13-11-9-7-2/h24-27,60,64H,6-23,28-59H2,1-5H3/b26-24-,27-25-. The Morgan fingerprint density at radius 3 is 1.01 bits per heavy atom. The second-order valence-corrected chi connectivity index (χ2v) is 22.7. The number of carboxylic acid groups (broad SMARTS) is 1. The van der Waals surface area contributed by atoms with E-state index in [0.717, 1.165) is 32.1 Å². The van der Waals surface area contributed by atoms with Crippen molar-refractivity contribution in [1.29, 1.82) is 0 Å². The molecule has 0 amide bonds. The first-order valence-electron chi connectivity index (χ1n) is 31.5. The fourth-order valence-electron chi connectivity index (χ4n) is 9.29.